The first-order valence-corrected chi connectivity index (χ1v) is 9.28. The van der Waals surface area contributed by atoms with Gasteiger partial charge in [-0.3, -0.25) is 4.79 Å². The van der Waals surface area contributed by atoms with Crippen LogP contribution in [0, 0.1) is 0 Å². The highest BCUT2D eigenvalue weighted by molar-refractivity contribution is 6.74. The number of fused-ring (bicyclic) bond motifs is 2. The number of ketones is 1. The minimum Gasteiger partial charge on any atom is -0.414 e. The Bertz CT molecular complexity index is 370. The quantitative estimate of drug-likeness (QED) is 0.738. The lowest BCUT2D eigenvalue weighted by atomic mass is 10.1. The maximum absolute atomic E-state index is 11.6. The van der Waals surface area contributed by atoms with Crippen LogP contribution in [0.3, 0.4) is 0 Å². The highest BCUT2D eigenvalue weighted by Crippen LogP contribution is 2.37. The molecule has 0 saturated carbocycles. The Morgan fingerprint density at radius 2 is 2.00 bits per heavy atom. The molecule has 0 aromatic carbocycles. The van der Waals surface area contributed by atoms with Gasteiger partial charge in [0.1, 0.15) is 6.10 Å². The summed E-state index contributed by atoms with van der Waals surface area (Å²) in [5, 5.41) is 0.157. The van der Waals surface area contributed by atoms with Gasteiger partial charge < -0.3 is 13.9 Å². The fraction of sp³-hybridized carbons (Fsp3) is 0.769. The van der Waals surface area contributed by atoms with Crippen LogP contribution < -0.4 is 0 Å². The van der Waals surface area contributed by atoms with E-state index in [-0.39, 0.29) is 23.2 Å². The van der Waals surface area contributed by atoms with Crippen molar-refractivity contribution in [1.82, 2.24) is 0 Å². The topological polar surface area (TPSA) is 44.8 Å². The summed E-state index contributed by atoms with van der Waals surface area (Å²) in [5.41, 5.74) is 0. The second-order valence-electron chi connectivity index (χ2n) is 6.43. The monoisotopic (exact) mass is 270 g/mol. The van der Waals surface area contributed by atoms with Crippen LogP contribution in [0.15, 0.2) is 12.2 Å². The number of rotatable bonds is 3. The molecule has 2 bridgehead atoms. The lowest BCUT2D eigenvalue weighted by Gasteiger charge is -2.37. The van der Waals surface area contributed by atoms with Crippen LogP contribution in [0.4, 0.5) is 0 Å². The third-order valence-electron chi connectivity index (χ3n) is 4.04. The zero-order valence-corrected chi connectivity index (χ0v) is 12.7. The van der Waals surface area contributed by atoms with Gasteiger partial charge in [-0.1, -0.05) is 20.8 Å². The first-order valence-electron chi connectivity index (χ1n) is 6.38. The summed E-state index contributed by atoms with van der Waals surface area (Å²) in [7, 11) is -1.81. The summed E-state index contributed by atoms with van der Waals surface area (Å²) >= 11 is 0. The lowest BCUT2D eigenvalue weighted by Crippen LogP contribution is -2.44. The number of hydrogen-bond acceptors (Lipinski definition) is 4. The highest BCUT2D eigenvalue weighted by atomic mass is 28.4. The second-order valence-corrected chi connectivity index (χ2v) is 11.2. The molecule has 0 N–H and O–H groups in total. The Morgan fingerprint density at radius 3 is 2.61 bits per heavy atom. The fourth-order valence-corrected chi connectivity index (χ4v) is 2.76. The molecule has 0 aromatic heterocycles. The van der Waals surface area contributed by atoms with Crippen molar-refractivity contribution in [2.45, 2.75) is 57.4 Å². The largest absolute Gasteiger partial charge is 0.414 e. The molecule has 1 saturated heterocycles. The fourth-order valence-electron chi connectivity index (χ4n) is 1.75. The van der Waals surface area contributed by atoms with Gasteiger partial charge in [-0.25, -0.2) is 0 Å². The molecule has 0 spiro atoms. The lowest BCUT2D eigenvalue weighted by molar-refractivity contribution is -0.126. The first-order chi connectivity index (χ1) is 8.21. The summed E-state index contributed by atoms with van der Waals surface area (Å²) in [6, 6.07) is 0. The molecule has 0 aliphatic carbocycles. The Kier molecular flexibility index (Phi) is 3.53. The van der Waals surface area contributed by atoms with E-state index in [9.17, 15) is 4.79 Å². The van der Waals surface area contributed by atoms with E-state index in [1.165, 1.54) is 0 Å². The first kappa shape index (κ1) is 13.9. The van der Waals surface area contributed by atoms with Crippen molar-refractivity contribution in [1.29, 1.82) is 0 Å². The molecule has 2 rings (SSSR count). The van der Waals surface area contributed by atoms with Crippen LogP contribution in [0.2, 0.25) is 18.1 Å². The van der Waals surface area contributed by atoms with Gasteiger partial charge in [0.2, 0.25) is 0 Å². The normalized spacial score (nSPS) is 32.1. The molecular formula is C13H22O4Si. The summed E-state index contributed by atoms with van der Waals surface area (Å²) in [6.07, 6.45) is 2.08. The molecular weight excluding hydrogens is 248 g/mol. The predicted molar refractivity (Wildman–Crippen MR) is 70.8 cm³/mol. The van der Waals surface area contributed by atoms with Crippen LogP contribution in [-0.2, 0) is 18.7 Å². The van der Waals surface area contributed by atoms with Crippen LogP contribution in [0.5, 0.6) is 0 Å². The summed E-state index contributed by atoms with van der Waals surface area (Å²) in [6.45, 7) is 11.4. The van der Waals surface area contributed by atoms with Crippen LogP contribution in [0.25, 0.3) is 0 Å². The van der Waals surface area contributed by atoms with Crippen molar-refractivity contribution in [2.24, 2.45) is 0 Å². The van der Waals surface area contributed by atoms with E-state index in [4.69, 9.17) is 13.9 Å². The van der Waals surface area contributed by atoms with E-state index in [0.29, 0.717) is 6.61 Å². The van der Waals surface area contributed by atoms with Crippen molar-refractivity contribution in [2.75, 3.05) is 6.61 Å². The van der Waals surface area contributed by atoms with E-state index in [0.717, 1.165) is 0 Å². The standard InChI is InChI=1S/C13H22O4Si/c1-13(2,3)18(4,5)15-8-10-12-9(14)6-7-11(16-10)17-12/h6-7,10-12H,8H2,1-5H3/t10-,11+,12-/m0/s1. The molecule has 2 aliphatic heterocycles. The molecule has 0 unspecified atom stereocenters. The van der Waals surface area contributed by atoms with Gasteiger partial charge in [-0.2, -0.15) is 0 Å². The third kappa shape index (κ3) is 2.59. The third-order valence-corrected chi connectivity index (χ3v) is 8.54. The predicted octanol–water partition coefficient (Wildman–Crippen LogP) is 2.26. The van der Waals surface area contributed by atoms with Gasteiger partial charge >= 0.3 is 0 Å². The molecule has 0 radical (unpaired) electrons. The number of hydrogen-bond donors (Lipinski definition) is 0. The van der Waals surface area contributed by atoms with Crippen LogP contribution >= 0.6 is 0 Å². The van der Waals surface area contributed by atoms with E-state index in [1.807, 2.05) is 0 Å². The maximum atomic E-state index is 11.6. The molecule has 4 nitrogen and oxygen atoms in total. The smallest absolute Gasteiger partial charge is 0.192 e. The zero-order chi connectivity index (χ0) is 13.6. The number of carbonyl (C=O) groups excluding carboxylic acids is 1. The van der Waals surface area contributed by atoms with Crippen molar-refractivity contribution in [3.8, 4) is 0 Å². The molecule has 0 aromatic rings. The minimum absolute atomic E-state index is 0.0208. The molecule has 2 aliphatic rings. The maximum Gasteiger partial charge on any atom is 0.192 e. The molecule has 5 heteroatoms. The van der Waals surface area contributed by atoms with E-state index >= 15 is 0 Å². The number of carbonyl (C=O) groups is 1. The number of ether oxygens (including phenoxy) is 2. The average Bonchev–Trinajstić information content (AvgIpc) is 2.59. The van der Waals surface area contributed by atoms with Gasteiger partial charge in [0, 0.05) is 0 Å². The molecule has 3 atom stereocenters. The SMILES string of the molecule is CC(C)(C)[Si](C)(C)OC[C@@H]1O[C@H]2C=CC(=O)[C@@H]1O2. The molecule has 1 fully saturated rings. The van der Waals surface area contributed by atoms with E-state index < -0.39 is 14.4 Å². The Hall–Kier alpha value is -0.493. The zero-order valence-electron chi connectivity index (χ0n) is 11.7. The van der Waals surface area contributed by atoms with Crippen LogP contribution in [0.1, 0.15) is 20.8 Å². The van der Waals surface area contributed by atoms with Gasteiger partial charge in [0.25, 0.3) is 0 Å². The molecule has 0 amide bonds. The summed E-state index contributed by atoms with van der Waals surface area (Å²) in [5.74, 6) is -0.0208. The molecule has 2 heterocycles. The second kappa shape index (κ2) is 4.56. The highest BCUT2D eigenvalue weighted by Gasteiger charge is 2.44. The van der Waals surface area contributed by atoms with Crippen LogP contribution in [-0.4, -0.2) is 39.2 Å². The van der Waals surface area contributed by atoms with E-state index in [2.05, 4.69) is 33.9 Å². The summed E-state index contributed by atoms with van der Waals surface area (Å²) < 4.78 is 17.2. The molecule has 18 heavy (non-hydrogen) atoms. The average molecular weight is 270 g/mol. The van der Waals surface area contributed by atoms with Crippen molar-refractivity contribution in [3.63, 3.8) is 0 Å². The van der Waals surface area contributed by atoms with Crippen molar-refractivity contribution >= 4 is 14.1 Å². The van der Waals surface area contributed by atoms with Gasteiger partial charge in [-0.15, -0.1) is 0 Å². The van der Waals surface area contributed by atoms with Crippen molar-refractivity contribution < 1.29 is 18.7 Å². The Balaban J connectivity index is 1.95. The molecule has 102 valence electrons. The Labute approximate surface area is 109 Å². The van der Waals surface area contributed by atoms with Gasteiger partial charge in [-0.05, 0) is 30.3 Å². The minimum atomic E-state index is -1.81. The van der Waals surface area contributed by atoms with Crippen molar-refractivity contribution in [3.05, 3.63) is 12.2 Å². The van der Waals surface area contributed by atoms with Gasteiger partial charge in [0.05, 0.1) is 6.61 Å². The summed E-state index contributed by atoms with van der Waals surface area (Å²) in [4.78, 5) is 11.6. The van der Waals surface area contributed by atoms with E-state index in [1.54, 1.807) is 12.2 Å². The van der Waals surface area contributed by atoms with Gasteiger partial charge in [0.15, 0.2) is 26.5 Å². The Morgan fingerprint density at radius 1 is 1.33 bits per heavy atom.